The van der Waals surface area contributed by atoms with Crippen LogP contribution in [0.1, 0.15) is 32.6 Å². The summed E-state index contributed by atoms with van der Waals surface area (Å²) in [5.41, 5.74) is 6.45. The molecule has 0 aromatic heterocycles. The molecule has 0 bridgehead atoms. The Morgan fingerprint density at radius 2 is 1.78 bits per heavy atom. The molecule has 1 amide bonds. The molecule has 0 radical (unpaired) electrons. The summed E-state index contributed by atoms with van der Waals surface area (Å²) in [6, 6.07) is 19.4. The van der Waals surface area contributed by atoms with E-state index in [4.69, 9.17) is 21.1 Å². The van der Waals surface area contributed by atoms with Crippen LogP contribution < -0.4 is 10.2 Å². The minimum Gasteiger partial charge on any atom is -0.423 e. The molecule has 4 rings (SSSR count). The van der Waals surface area contributed by atoms with Crippen LogP contribution in [0, 0.1) is 0 Å². The Bertz CT molecular complexity index is 1200. The molecule has 1 aliphatic heterocycles. The molecule has 3 aromatic rings. The number of nitrogens with one attached hydrogen (secondary N) is 1. The number of esters is 1. The third-order valence-corrected chi connectivity index (χ3v) is 5.02. The highest BCUT2D eigenvalue weighted by Gasteiger charge is 2.14. The zero-order valence-corrected chi connectivity index (χ0v) is 17.7. The molecule has 0 aliphatic carbocycles. The average molecular weight is 447 g/mol. The summed E-state index contributed by atoms with van der Waals surface area (Å²) < 4.78 is 10.8. The molecule has 160 valence electrons. The topological polar surface area (TPSA) is 77.0 Å². The van der Waals surface area contributed by atoms with Gasteiger partial charge in [0.2, 0.25) is 0 Å². The fraction of sp³-hybridized carbons (Fsp3) is 0.0800. The zero-order chi connectivity index (χ0) is 22.3. The van der Waals surface area contributed by atoms with Gasteiger partial charge < -0.3 is 9.47 Å². The molecule has 0 unspecified atom stereocenters. The standard InChI is InChI=1S/C25H19ClN2O4/c26-22-10-5-17(6-11-22)7-12-24(29)32-23-4-2-1-3-19(23)14-27-28-25(30)18-8-9-20-15-31-16-21(20)13-18/h1-14H,15-16H2,(H,28,30)/b12-7+,27-14?. The first kappa shape index (κ1) is 21.5. The molecule has 32 heavy (non-hydrogen) atoms. The molecular weight excluding hydrogens is 428 g/mol. The lowest BCUT2D eigenvalue weighted by Crippen LogP contribution is -2.18. The zero-order valence-electron chi connectivity index (χ0n) is 17.0. The number of para-hydroxylation sites is 1. The van der Waals surface area contributed by atoms with E-state index < -0.39 is 5.97 Å². The molecule has 1 aliphatic rings. The van der Waals surface area contributed by atoms with Crippen LogP contribution in [0.3, 0.4) is 0 Å². The van der Waals surface area contributed by atoms with Gasteiger partial charge in [0.05, 0.1) is 19.4 Å². The van der Waals surface area contributed by atoms with Crippen LogP contribution in [0.15, 0.2) is 77.9 Å². The van der Waals surface area contributed by atoms with E-state index in [9.17, 15) is 9.59 Å². The fourth-order valence-electron chi connectivity index (χ4n) is 3.10. The molecule has 0 fully saturated rings. The molecule has 0 saturated carbocycles. The molecular formula is C25H19ClN2O4. The van der Waals surface area contributed by atoms with Crippen LogP contribution in [-0.2, 0) is 22.7 Å². The maximum Gasteiger partial charge on any atom is 0.336 e. The number of hydrazone groups is 1. The first-order chi connectivity index (χ1) is 15.6. The van der Waals surface area contributed by atoms with Crippen molar-refractivity contribution in [3.63, 3.8) is 0 Å². The first-order valence-corrected chi connectivity index (χ1v) is 10.2. The number of fused-ring (bicyclic) bond motifs is 1. The number of carbonyl (C=O) groups excluding carboxylic acids is 2. The predicted molar refractivity (Wildman–Crippen MR) is 123 cm³/mol. The predicted octanol–water partition coefficient (Wildman–Crippen LogP) is 4.75. The summed E-state index contributed by atoms with van der Waals surface area (Å²) in [5.74, 6) is -0.549. The number of carbonyl (C=O) groups is 2. The van der Waals surface area contributed by atoms with E-state index >= 15 is 0 Å². The number of halogens is 1. The number of rotatable bonds is 6. The minimum atomic E-state index is -0.537. The Morgan fingerprint density at radius 1 is 1.00 bits per heavy atom. The van der Waals surface area contributed by atoms with Gasteiger partial charge in [0.1, 0.15) is 5.75 Å². The monoisotopic (exact) mass is 446 g/mol. The quantitative estimate of drug-likeness (QED) is 0.195. The number of hydrogen-bond donors (Lipinski definition) is 1. The van der Waals surface area contributed by atoms with E-state index in [1.807, 2.05) is 6.07 Å². The summed E-state index contributed by atoms with van der Waals surface area (Å²) in [4.78, 5) is 24.6. The Hall–Kier alpha value is -3.74. The number of hydrogen-bond acceptors (Lipinski definition) is 5. The molecule has 1 N–H and O–H groups in total. The van der Waals surface area contributed by atoms with Gasteiger partial charge in [-0.3, -0.25) is 4.79 Å². The molecule has 1 heterocycles. The molecule has 6 nitrogen and oxygen atoms in total. The van der Waals surface area contributed by atoms with Crippen molar-refractivity contribution < 1.29 is 19.1 Å². The summed E-state index contributed by atoms with van der Waals surface area (Å²) in [5, 5.41) is 4.62. The van der Waals surface area contributed by atoms with Crippen LogP contribution >= 0.6 is 11.6 Å². The Balaban J connectivity index is 1.38. The van der Waals surface area contributed by atoms with Gasteiger partial charge in [0.15, 0.2) is 0 Å². The number of nitrogens with zero attached hydrogens (tertiary/aromatic N) is 1. The second kappa shape index (κ2) is 10.0. The summed E-state index contributed by atoms with van der Waals surface area (Å²) in [7, 11) is 0. The Morgan fingerprint density at radius 3 is 2.62 bits per heavy atom. The van der Waals surface area contributed by atoms with Crippen LogP contribution in [0.2, 0.25) is 5.02 Å². The normalized spacial score (nSPS) is 12.8. The van der Waals surface area contributed by atoms with Crippen molar-refractivity contribution >= 4 is 35.8 Å². The Labute approximate surface area is 190 Å². The maximum absolute atomic E-state index is 12.4. The van der Waals surface area contributed by atoms with Gasteiger partial charge in [0.25, 0.3) is 5.91 Å². The van der Waals surface area contributed by atoms with Gasteiger partial charge >= 0.3 is 5.97 Å². The third kappa shape index (κ3) is 5.49. The molecule has 0 saturated heterocycles. The third-order valence-electron chi connectivity index (χ3n) is 4.76. The summed E-state index contributed by atoms with van der Waals surface area (Å²) >= 11 is 5.86. The molecule has 7 heteroatoms. The van der Waals surface area contributed by atoms with Gasteiger partial charge in [-0.15, -0.1) is 0 Å². The van der Waals surface area contributed by atoms with Crippen LogP contribution in [0.5, 0.6) is 5.75 Å². The van der Waals surface area contributed by atoms with Crippen molar-refractivity contribution in [2.24, 2.45) is 5.10 Å². The van der Waals surface area contributed by atoms with E-state index in [-0.39, 0.29) is 5.91 Å². The molecule has 3 aromatic carbocycles. The number of amides is 1. The minimum absolute atomic E-state index is 0.325. The second-order valence-electron chi connectivity index (χ2n) is 7.02. The maximum atomic E-state index is 12.4. The van der Waals surface area contributed by atoms with E-state index in [0.29, 0.717) is 35.1 Å². The van der Waals surface area contributed by atoms with Crippen molar-refractivity contribution in [2.75, 3.05) is 0 Å². The smallest absolute Gasteiger partial charge is 0.336 e. The van der Waals surface area contributed by atoms with Gasteiger partial charge in [-0.05, 0) is 59.2 Å². The lowest BCUT2D eigenvalue weighted by Gasteiger charge is -2.05. The van der Waals surface area contributed by atoms with Crippen LogP contribution in [0.4, 0.5) is 0 Å². The van der Waals surface area contributed by atoms with Crippen molar-refractivity contribution in [3.05, 3.63) is 106 Å². The van der Waals surface area contributed by atoms with Crippen LogP contribution in [-0.4, -0.2) is 18.1 Å². The van der Waals surface area contributed by atoms with Crippen molar-refractivity contribution in [1.29, 1.82) is 0 Å². The van der Waals surface area contributed by atoms with Gasteiger partial charge in [0, 0.05) is 22.2 Å². The van der Waals surface area contributed by atoms with Gasteiger partial charge in [-0.2, -0.15) is 5.10 Å². The fourth-order valence-corrected chi connectivity index (χ4v) is 3.22. The molecule has 0 atom stereocenters. The average Bonchev–Trinajstić information content (AvgIpc) is 3.28. The Kier molecular flexibility index (Phi) is 6.75. The van der Waals surface area contributed by atoms with E-state index in [2.05, 4.69) is 10.5 Å². The summed E-state index contributed by atoms with van der Waals surface area (Å²) in [6.07, 6.45) is 4.40. The first-order valence-electron chi connectivity index (χ1n) is 9.86. The number of ether oxygens (including phenoxy) is 2. The van der Waals surface area contributed by atoms with Crippen molar-refractivity contribution in [3.8, 4) is 5.75 Å². The molecule has 0 spiro atoms. The van der Waals surface area contributed by atoms with Crippen molar-refractivity contribution in [1.82, 2.24) is 5.43 Å². The second-order valence-corrected chi connectivity index (χ2v) is 7.46. The van der Waals surface area contributed by atoms with Gasteiger partial charge in [-0.1, -0.05) is 41.9 Å². The summed E-state index contributed by atoms with van der Waals surface area (Å²) in [6.45, 7) is 1.07. The SMILES string of the molecule is O=C(/C=C/c1ccc(Cl)cc1)Oc1ccccc1C=NNC(=O)c1ccc2c(c1)COC2. The highest BCUT2D eigenvalue weighted by atomic mass is 35.5. The lowest BCUT2D eigenvalue weighted by atomic mass is 10.1. The van der Waals surface area contributed by atoms with Crippen LogP contribution in [0.25, 0.3) is 6.08 Å². The number of benzene rings is 3. The van der Waals surface area contributed by atoms with E-state index in [1.165, 1.54) is 12.3 Å². The highest BCUT2D eigenvalue weighted by Crippen LogP contribution is 2.21. The van der Waals surface area contributed by atoms with E-state index in [1.54, 1.807) is 66.7 Å². The van der Waals surface area contributed by atoms with E-state index in [0.717, 1.165) is 16.7 Å². The lowest BCUT2D eigenvalue weighted by molar-refractivity contribution is -0.128. The largest absolute Gasteiger partial charge is 0.423 e. The van der Waals surface area contributed by atoms with Crippen molar-refractivity contribution in [2.45, 2.75) is 13.2 Å². The highest BCUT2D eigenvalue weighted by molar-refractivity contribution is 6.30. The van der Waals surface area contributed by atoms with Gasteiger partial charge in [-0.25, -0.2) is 10.2 Å².